The molecule has 1 aliphatic heterocycles. The van der Waals surface area contributed by atoms with Crippen LogP contribution in [0.3, 0.4) is 0 Å². The van der Waals surface area contributed by atoms with Crippen molar-refractivity contribution < 1.29 is 19.1 Å². The maximum Gasteiger partial charge on any atom is 0.257 e. The van der Waals surface area contributed by atoms with Gasteiger partial charge in [-0.15, -0.1) is 0 Å². The molecule has 0 spiro atoms. The van der Waals surface area contributed by atoms with E-state index in [0.717, 1.165) is 0 Å². The van der Waals surface area contributed by atoms with Crippen LogP contribution in [0.15, 0.2) is 59.3 Å². The molecule has 0 fully saturated rings. The molecule has 0 saturated carbocycles. The Labute approximate surface area is 153 Å². The molecule has 1 aliphatic rings. The summed E-state index contributed by atoms with van der Waals surface area (Å²) >= 11 is 1.44. The van der Waals surface area contributed by atoms with Gasteiger partial charge in [-0.3, -0.25) is 9.59 Å². The van der Waals surface area contributed by atoms with Gasteiger partial charge in [0.15, 0.2) is 11.5 Å². The molecule has 7 heteroatoms. The van der Waals surface area contributed by atoms with Crippen molar-refractivity contribution in [2.75, 3.05) is 17.4 Å². The minimum Gasteiger partial charge on any atom is -0.454 e. The normalized spacial score (nSPS) is 11.8. The number of amides is 2. The number of hydrogen-bond donors (Lipinski definition) is 2. The first-order valence-electron chi connectivity index (χ1n) is 7.84. The standard InChI is InChI=1S/C19H14N2O4S/c22-18(12-7-8-26-10-12)21-15-4-2-1-3-14(15)19(23)20-13-5-6-16-17(9-13)25-11-24-16/h1-10H,11H2,(H,20,23)(H,21,22). The number of fused-ring (bicyclic) bond motifs is 1. The smallest absolute Gasteiger partial charge is 0.257 e. The molecule has 26 heavy (non-hydrogen) atoms. The first-order valence-corrected chi connectivity index (χ1v) is 8.78. The number of anilines is 2. The summed E-state index contributed by atoms with van der Waals surface area (Å²) in [6.07, 6.45) is 0. The zero-order valence-electron chi connectivity index (χ0n) is 13.5. The zero-order chi connectivity index (χ0) is 17.9. The quantitative estimate of drug-likeness (QED) is 0.732. The summed E-state index contributed by atoms with van der Waals surface area (Å²) in [5.74, 6) is 0.646. The van der Waals surface area contributed by atoms with E-state index >= 15 is 0 Å². The molecule has 3 aromatic rings. The molecule has 130 valence electrons. The van der Waals surface area contributed by atoms with Gasteiger partial charge in [0.25, 0.3) is 11.8 Å². The van der Waals surface area contributed by atoms with Crippen molar-refractivity contribution in [3.8, 4) is 11.5 Å². The molecule has 2 amide bonds. The van der Waals surface area contributed by atoms with Gasteiger partial charge in [-0.1, -0.05) is 12.1 Å². The lowest BCUT2D eigenvalue weighted by molar-refractivity contribution is 0.102. The summed E-state index contributed by atoms with van der Waals surface area (Å²) < 4.78 is 10.6. The number of rotatable bonds is 4. The molecule has 2 aromatic carbocycles. The third-order valence-electron chi connectivity index (χ3n) is 3.83. The highest BCUT2D eigenvalue weighted by Gasteiger charge is 2.17. The van der Waals surface area contributed by atoms with E-state index in [0.29, 0.717) is 34.0 Å². The monoisotopic (exact) mass is 366 g/mol. The van der Waals surface area contributed by atoms with Crippen molar-refractivity contribution in [2.45, 2.75) is 0 Å². The first kappa shape index (κ1) is 16.2. The van der Waals surface area contributed by atoms with Gasteiger partial charge in [0, 0.05) is 17.1 Å². The lowest BCUT2D eigenvalue weighted by Gasteiger charge is -2.11. The average Bonchev–Trinajstić information content (AvgIpc) is 3.33. The summed E-state index contributed by atoms with van der Waals surface area (Å²) in [6, 6.07) is 13.8. The van der Waals surface area contributed by atoms with Crippen LogP contribution < -0.4 is 20.1 Å². The maximum atomic E-state index is 12.7. The van der Waals surface area contributed by atoms with Crippen LogP contribution in [0.25, 0.3) is 0 Å². The van der Waals surface area contributed by atoms with Crippen LogP contribution in [0, 0.1) is 0 Å². The van der Waals surface area contributed by atoms with Gasteiger partial charge in [0.05, 0.1) is 16.8 Å². The Hall–Kier alpha value is -3.32. The fraction of sp³-hybridized carbons (Fsp3) is 0.0526. The van der Waals surface area contributed by atoms with Gasteiger partial charge in [-0.05, 0) is 35.7 Å². The molecule has 1 aromatic heterocycles. The van der Waals surface area contributed by atoms with Crippen molar-refractivity contribution in [1.82, 2.24) is 0 Å². The average molecular weight is 366 g/mol. The van der Waals surface area contributed by atoms with E-state index in [2.05, 4.69) is 10.6 Å². The Kier molecular flexibility index (Phi) is 4.28. The highest BCUT2D eigenvalue weighted by atomic mass is 32.1. The molecule has 6 nitrogen and oxygen atoms in total. The number of carbonyl (C=O) groups is 2. The maximum absolute atomic E-state index is 12.7. The van der Waals surface area contributed by atoms with Gasteiger partial charge in [-0.25, -0.2) is 0 Å². The topological polar surface area (TPSA) is 76.7 Å². The SMILES string of the molecule is O=C(Nc1ccccc1C(=O)Nc1ccc2c(c1)OCO2)c1ccsc1. The van der Waals surface area contributed by atoms with E-state index in [-0.39, 0.29) is 18.6 Å². The predicted molar refractivity (Wildman–Crippen MR) is 99.2 cm³/mol. The van der Waals surface area contributed by atoms with E-state index in [1.54, 1.807) is 53.9 Å². The predicted octanol–water partition coefficient (Wildman–Crippen LogP) is 3.98. The highest BCUT2D eigenvalue weighted by molar-refractivity contribution is 7.08. The van der Waals surface area contributed by atoms with Crippen molar-refractivity contribution in [3.05, 3.63) is 70.4 Å². The van der Waals surface area contributed by atoms with Crippen molar-refractivity contribution in [2.24, 2.45) is 0 Å². The van der Waals surface area contributed by atoms with Gasteiger partial charge >= 0.3 is 0 Å². The Morgan fingerprint density at radius 1 is 0.923 bits per heavy atom. The van der Waals surface area contributed by atoms with Crippen molar-refractivity contribution in [1.29, 1.82) is 0 Å². The van der Waals surface area contributed by atoms with Crippen LogP contribution in [0.1, 0.15) is 20.7 Å². The molecule has 2 heterocycles. The third-order valence-corrected chi connectivity index (χ3v) is 4.52. The molecule has 0 radical (unpaired) electrons. The Morgan fingerprint density at radius 3 is 2.62 bits per heavy atom. The van der Waals surface area contributed by atoms with Crippen LogP contribution in [0.4, 0.5) is 11.4 Å². The number of nitrogens with one attached hydrogen (secondary N) is 2. The fourth-order valence-electron chi connectivity index (χ4n) is 2.55. The minimum absolute atomic E-state index is 0.171. The Balaban J connectivity index is 1.54. The third kappa shape index (κ3) is 3.25. The van der Waals surface area contributed by atoms with Crippen molar-refractivity contribution in [3.63, 3.8) is 0 Å². The second-order valence-electron chi connectivity index (χ2n) is 5.53. The second kappa shape index (κ2) is 6.89. The number of hydrogen-bond acceptors (Lipinski definition) is 5. The summed E-state index contributed by atoms with van der Waals surface area (Å²) in [5.41, 5.74) is 1.95. The largest absolute Gasteiger partial charge is 0.454 e. The minimum atomic E-state index is -0.329. The van der Waals surface area contributed by atoms with Gasteiger partial charge in [0.1, 0.15) is 0 Å². The Bertz CT molecular complexity index is 969. The van der Waals surface area contributed by atoms with Gasteiger partial charge < -0.3 is 20.1 Å². The van der Waals surface area contributed by atoms with E-state index < -0.39 is 0 Å². The number of benzene rings is 2. The molecule has 0 atom stereocenters. The summed E-state index contributed by atoms with van der Waals surface area (Å²) in [6.45, 7) is 0.171. The highest BCUT2D eigenvalue weighted by Crippen LogP contribution is 2.34. The van der Waals surface area contributed by atoms with Crippen LogP contribution in [0.2, 0.25) is 0 Å². The molecular weight excluding hydrogens is 352 g/mol. The molecule has 0 bridgehead atoms. The lowest BCUT2D eigenvalue weighted by Crippen LogP contribution is -2.17. The molecule has 0 aliphatic carbocycles. The zero-order valence-corrected chi connectivity index (χ0v) is 14.3. The summed E-state index contributed by atoms with van der Waals surface area (Å²) in [4.78, 5) is 24.9. The molecular formula is C19H14N2O4S. The van der Waals surface area contributed by atoms with Gasteiger partial charge in [-0.2, -0.15) is 11.3 Å². The Morgan fingerprint density at radius 2 is 1.77 bits per heavy atom. The van der Waals surface area contributed by atoms with Gasteiger partial charge in [0.2, 0.25) is 6.79 Å². The number of carbonyl (C=O) groups excluding carboxylic acids is 2. The number of ether oxygens (including phenoxy) is 2. The van der Waals surface area contributed by atoms with E-state index in [1.165, 1.54) is 11.3 Å². The molecule has 2 N–H and O–H groups in total. The molecule has 4 rings (SSSR count). The summed E-state index contributed by atoms with van der Waals surface area (Å²) in [7, 11) is 0. The van der Waals surface area contributed by atoms with E-state index in [9.17, 15) is 9.59 Å². The first-order chi connectivity index (χ1) is 12.7. The summed E-state index contributed by atoms with van der Waals surface area (Å²) in [5, 5.41) is 9.18. The van der Waals surface area contributed by atoms with E-state index in [4.69, 9.17) is 9.47 Å². The lowest BCUT2D eigenvalue weighted by atomic mass is 10.1. The van der Waals surface area contributed by atoms with E-state index in [1.807, 2.05) is 5.38 Å². The van der Waals surface area contributed by atoms with Crippen LogP contribution in [-0.4, -0.2) is 18.6 Å². The molecule has 0 unspecified atom stereocenters. The fourth-order valence-corrected chi connectivity index (χ4v) is 3.19. The number of para-hydroxylation sites is 1. The van der Waals surface area contributed by atoms with Crippen LogP contribution >= 0.6 is 11.3 Å². The van der Waals surface area contributed by atoms with Crippen LogP contribution in [-0.2, 0) is 0 Å². The number of thiophene rings is 1. The molecule has 0 saturated heterocycles. The second-order valence-corrected chi connectivity index (χ2v) is 6.31. The van der Waals surface area contributed by atoms with Crippen LogP contribution in [0.5, 0.6) is 11.5 Å². The van der Waals surface area contributed by atoms with Crippen molar-refractivity contribution >= 4 is 34.5 Å².